The molecule has 2 N–H and O–H groups in total. The van der Waals surface area contributed by atoms with E-state index in [2.05, 4.69) is 26.7 Å². The molecule has 1 aliphatic heterocycles. The first-order chi connectivity index (χ1) is 13.1. The van der Waals surface area contributed by atoms with Gasteiger partial charge in [-0.1, -0.05) is 46.3 Å². The van der Waals surface area contributed by atoms with E-state index in [4.69, 9.17) is 4.42 Å². The molecular formula is C20H16BrN3O3. The van der Waals surface area contributed by atoms with Gasteiger partial charge in [0.25, 0.3) is 5.91 Å². The third-order valence-corrected chi connectivity index (χ3v) is 4.74. The second-order valence-electron chi connectivity index (χ2n) is 6.12. The number of amides is 2. The molecule has 3 aromatic rings. The zero-order chi connectivity index (χ0) is 18.8. The van der Waals surface area contributed by atoms with E-state index in [0.717, 1.165) is 10.0 Å². The molecule has 6 nitrogen and oxygen atoms in total. The summed E-state index contributed by atoms with van der Waals surface area (Å²) in [5.41, 5.74) is 4.73. The average Bonchev–Trinajstić information content (AvgIpc) is 3.20. The Morgan fingerprint density at radius 1 is 1.15 bits per heavy atom. The van der Waals surface area contributed by atoms with Crippen molar-refractivity contribution in [2.45, 2.75) is 12.6 Å². The van der Waals surface area contributed by atoms with Crippen LogP contribution in [0.15, 0.2) is 75.8 Å². The molecule has 4 rings (SSSR count). The summed E-state index contributed by atoms with van der Waals surface area (Å²) in [5, 5.41) is 4.53. The van der Waals surface area contributed by atoms with E-state index in [1.165, 1.54) is 11.3 Å². The fraction of sp³-hybridized carbons (Fsp3) is 0.100. The predicted molar refractivity (Wildman–Crippen MR) is 104 cm³/mol. The van der Waals surface area contributed by atoms with Gasteiger partial charge < -0.3 is 9.73 Å². The number of furan rings is 1. The van der Waals surface area contributed by atoms with Gasteiger partial charge in [0.15, 0.2) is 6.17 Å². The minimum Gasteiger partial charge on any atom is -0.465 e. The van der Waals surface area contributed by atoms with Crippen LogP contribution >= 0.6 is 15.9 Å². The fourth-order valence-electron chi connectivity index (χ4n) is 2.99. The molecule has 1 aliphatic rings. The quantitative estimate of drug-likeness (QED) is 0.664. The molecule has 0 fully saturated rings. The summed E-state index contributed by atoms with van der Waals surface area (Å²) in [6.07, 6.45) is 1.06. The number of hydrogen-bond donors (Lipinski definition) is 2. The average molecular weight is 426 g/mol. The number of carbonyl (C=O) groups is 2. The minimum atomic E-state index is -0.638. The molecule has 1 aromatic heterocycles. The molecule has 1 atom stereocenters. The maximum Gasteiger partial charge on any atom is 0.276 e. The zero-order valence-corrected chi connectivity index (χ0v) is 15.8. The van der Waals surface area contributed by atoms with Gasteiger partial charge in [0, 0.05) is 10.2 Å². The van der Waals surface area contributed by atoms with Crippen molar-refractivity contribution in [3.8, 4) is 0 Å². The third kappa shape index (κ3) is 3.59. The summed E-state index contributed by atoms with van der Waals surface area (Å²) < 4.78 is 6.25. The lowest BCUT2D eigenvalue weighted by Crippen LogP contribution is -2.53. The number of rotatable bonds is 4. The monoisotopic (exact) mass is 425 g/mol. The van der Waals surface area contributed by atoms with Gasteiger partial charge in [0.1, 0.15) is 5.76 Å². The van der Waals surface area contributed by atoms with E-state index in [9.17, 15) is 9.59 Å². The first-order valence-corrected chi connectivity index (χ1v) is 9.17. The molecule has 2 aromatic carbocycles. The maximum absolute atomic E-state index is 13.1. The summed E-state index contributed by atoms with van der Waals surface area (Å²) in [6.45, 7) is 0. The number of hydrazine groups is 1. The second-order valence-corrected chi connectivity index (χ2v) is 7.04. The normalized spacial score (nSPS) is 15.8. The number of carbonyl (C=O) groups excluding carboxylic acids is 2. The highest BCUT2D eigenvalue weighted by Gasteiger charge is 2.36. The molecule has 0 aliphatic carbocycles. The Kier molecular flexibility index (Phi) is 4.68. The number of fused-ring (bicyclic) bond motifs is 1. The van der Waals surface area contributed by atoms with Gasteiger partial charge in [-0.3, -0.25) is 15.0 Å². The van der Waals surface area contributed by atoms with Gasteiger partial charge in [-0.2, -0.15) is 0 Å². The Balaban J connectivity index is 1.63. The standard InChI is InChI=1S/C20H16BrN3O3/c21-14-8-9-16-15(12-14)20(26)24(19(22-16)17-7-4-10-27-17)23-18(25)11-13-5-2-1-3-6-13/h1-10,12,19,22H,11H2,(H,23,25). The van der Waals surface area contributed by atoms with Crippen LogP contribution in [0.5, 0.6) is 0 Å². The smallest absolute Gasteiger partial charge is 0.276 e. The van der Waals surface area contributed by atoms with Gasteiger partial charge in [0.05, 0.1) is 18.2 Å². The van der Waals surface area contributed by atoms with Crippen LogP contribution in [0.1, 0.15) is 27.8 Å². The summed E-state index contributed by atoms with van der Waals surface area (Å²) in [7, 11) is 0. The molecule has 1 unspecified atom stereocenters. The lowest BCUT2D eigenvalue weighted by atomic mass is 10.1. The topological polar surface area (TPSA) is 74.6 Å². The van der Waals surface area contributed by atoms with Crippen LogP contribution < -0.4 is 10.7 Å². The van der Waals surface area contributed by atoms with Crippen LogP contribution in [0.2, 0.25) is 0 Å². The van der Waals surface area contributed by atoms with Gasteiger partial charge >= 0.3 is 0 Å². The minimum absolute atomic E-state index is 0.167. The van der Waals surface area contributed by atoms with Crippen molar-refractivity contribution in [3.63, 3.8) is 0 Å². The van der Waals surface area contributed by atoms with Crippen molar-refractivity contribution in [1.82, 2.24) is 10.4 Å². The first-order valence-electron chi connectivity index (χ1n) is 8.38. The van der Waals surface area contributed by atoms with Crippen LogP contribution in [-0.4, -0.2) is 16.8 Å². The Morgan fingerprint density at radius 2 is 1.96 bits per heavy atom. The van der Waals surface area contributed by atoms with Gasteiger partial charge in [0.2, 0.25) is 5.91 Å². The highest BCUT2D eigenvalue weighted by atomic mass is 79.9. The maximum atomic E-state index is 13.1. The predicted octanol–water partition coefficient (Wildman–Crippen LogP) is 3.88. The fourth-order valence-corrected chi connectivity index (χ4v) is 3.35. The van der Waals surface area contributed by atoms with E-state index in [1.54, 1.807) is 18.2 Å². The number of hydrogen-bond acceptors (Lipinski definition) is 4. The third-order valence-electron chi connectivity index (χ3n) is 4.25. The molecule has 0 saturated carbocycles. The van der Waals surface area contributed by atoms with Crippen molar-refractivity contribution in [3.05, 3.63) is 88.3 Å². The van der Waals surface area contributed by atoms with E-state index >= 15 is 0 Å². The molecule has 2 heterocycles. The summed E-state index contributed by atoms with van der Waals surface area (Å²) in [6, 6.07) is 18.2. The zero-order valence-electron chi connectivity index (χ0n) is 14.2. The van der Waals surface area contributed by atoms with E-state index in [-0.39, 0.29) is 18.2 Å². The summed E-state index contributed by atoms with van der Waals surface area (Å²) in [4.78, 5) is 25.6. The number of halogens is 1. The van der Waals surface area contributed by atoms with Crippen LogP contribution in [0.25, 0.3) is 0 Å². The Morgan fingerprint density at radius 3 is 2.70 bits per heavy atom. The molecule has 7 heteroatoms. The van der Waals surface area contributed by atoms with Crippen molar-refractivity contribution in [2.75, 3.05) is 5.32 Å². The van der Waals surface area contributed by atoms with Crippen LogP contribution in [-0.2, 0) is 11.2 Å². The molecule has 0 saturated heterocycles. The molecule has 27 heavy (non-hydrogen) atoms. The Bertz CT molecular complexity index is 973. The lowest BCUT2D eigenvalue weighted by Gasteiger charge is -2.36. The Labute approximate surface area is 164 Å². The SMILES string of the molecule is O=C(Cc1ccccc1)NN1C(=O)c2cc(Br)ccc2NC1c1ccco1. The van der Waals surface area contributed by atoms with Gasteiger partial charge in [-0.05, 0) is 35.9 Å². The first kappa shape index (κ1) is 17.4. The molecule has 2 amide bonds. The molecular weight excluding hydrogens is 410 g/mol. The summed E-state index contributed by atoms with van der Waals surface area (Å²) in [5.74, 6) is -0.0730. The molecule has 136 valence electrons. The second kappa shape index (κ2) is 7.28. The largest absolute Gasteiger partial charge is 0.465 e. The van der Waals surface area contributed by atoms with Crippen LogP contribution in [0, 0.1) is 0 Å². The number of nitrogens with one attached hydrogen (secondary N) is 2. The van der Waals surface area contributed by atoms with Crippen LogP contribution in [0.4, 0.5) is 5.69 Å². The highest BCUT2D eigenvalue weighted by Crippen LogP contribution is 2.33. The summed E-state index contributed by atoms with van der Waals surface area (Å²) >= 11 is 3.38. The number of anilines is 1. The van der Waals surface area contributed by atoms with Crippen molar-refractivity contribution in [1.29, 1.82) is 0 Å². The van der Waals surface area contributed by atoms with E-state index in [1.807, 2.05) is 42.5 Å². The highest BCUT2D eigenvalue weighted by molar-refractivity contribution is 9.10. The lowest BCUT2D eigenvalue weighted by molar-refractivity contribution is -0.125. The van der Waals surface area contributed by atoms with Crippen molar-refractivity contribution < 1.29 is 14.0 Å². The molecule has 0 bridgehead atoms. The Hall–Kier alpha value is -3.06. The number of nitrogens with zero attached hydrogens (tertiary/aromatic N) is 1. The van der Waals surface area contributed by atoms with Gasteiger partial charge in [-0.25, -0.2) is 5.01 Å². The molecule has 0 radical (unpaired) electrons. The van der Waals surface area contributed by atoms with E-state index in [0.29, 0.717) is 17.0 Å². The van der Waals surface area contributed by atoms with Crippen molar-refractivity contribution in [2.24, 2.45) is 0 Å². The van der Waals surface area contributed by atoms with Crippen molar-refractivity contribution >= 4 is 33.4 Å². The van der Waals surface area contributed by atoms with Gasteiger partial charge in [-0.15, -0.1) is 0 Å². The van der Waals surface area contributed by atoms with Crippen LogP contribution in [0.3, 0.4) is 0 Å². The van der Waals surface area contributed by atoms with E-state index < -0.39 is 6.17 Å². The molecule has 0 spiro atoms. The number of benzene rings is 2.